The molecule has 0 bridgehead atoms. The summed E-state index contributed by atoms with van der Waals surface area (Å²) < 4.78 is 5.37. The van der Waals surface area contributed by atoms with Crippen LogP contribution in [0.2, 0.25) is 0 Å². The summed E-state index contributed by atoms with van der Waals surface area (Å²) in [5.74, 6) is 1.02. The van der Waals surface area contributed by atoms with E-state index in [-0.39, 0.29) is 9.04 Å². The van der Waals surface area contributed by atoms with Gasteiger partial charge in [0.05, 0.1) is 6.61 Å². The summed E-state index contributed by atoms with van der Waals surface area (Å²) >= 11 is 0. The highest BCUT2D eigenvalue weighted by atomic mass is 29.5. The molecular formula is C8H16OSi3. The van der Waals surface area contributed by atoms with Crippen LogP contribution < -0.4 is 9.92 Å². The van der Waals surface area contributed by atoms with Crippen LogP contribution in [0, 0.1) is 0 Å². The smallest absolute Gasteiger partial charge is 0.119 e. The maximum Gasteiger partial charge on any atom is 0.119 e. The molecule has 0 heterocycles. The molecule has 0 fully saturated rings. The van der Waals surface area contributed by atoms with E-state index in [1.807, 2.05) is 6.92 Å². The van der Waals surface area contributed by atoms with E-state index in [1.165, 1.54) is 9.76 Å². The summed E-state index contributed by atoms with van der Waals surface area (Å²) in [5, 5.41) is 1.63. The molecule has 1 aromatic carbocycles. The van der Waals surface area contributed by atoms with Crippen LogP contribution in [-0.2, 0) is 0 Å². The molecule has 0 saturated carbocycles. The average molecular weight is 212 g/mol. The Bertz CT molecular complexity index is 197. The Morgan fingerprint density at radius 1 is 1.33 bits per heavy atom. The molecule has 1 rings (SSSR count). The number of benzene rings is 1. The van der Waals surface area contributed by atoms with E-state index in [0.717, 1.165) is 12.4 Å². The minimum atomic E-state index is 0.214. The molecule has 0 spiro atoms. The first-order chi connectivity index (χ1) is 5.86. The van der Waals surface area contributed by atoms with Gasteiger partial charge in [-0.2, -0.15) is 0 Å². The summed E-state index contributed by atoms with van der Waals surface area (Å²) in [7, 11) is 2.14. The summed E-state index contributed by atoms with van der Waals surface area (Å²) in [6.07, 6.45) is 0. The van der Waals surface area contributed by atoms with Gasteiger partial charge >= 0.3 is 0 Å². The van der Waals surface area contributed by atoms with E-state index in [4.69, 9.17) is 4.74 Å². The Labute approximate surface area is 81.2 Å². The van der Waals surface area contributed by atoms with Crippen molar-refractivity contribution in [3.8, 4) is 5.75 Å². The molecule has 1 aromatic rings. The van der Waals surface area contributed by atoms with Crippen LogP contribution >= 0.6 is 0 Å². The van der Waals surface area contributed by atoms with E-state index in [0.29, 0.717) is 8.55 Å². The second-order valence-corrected chi connectivity index (χ2v) is 18.6. The SMILES string of the molecule is CCOc1ccc([SiH2][SiH2][SiH3])cc1. The Balaban J connectivity index is 2.58. The highest BCUT2D eigenvalue weighted by Crippen LogP contribution is 2.06. The molecule has 4 heteroatoms. The van der Waals surface area contributed by atoms with E-state index in [9.17, 15) is 0 Å². The van der Waals surface area contributed by atoms with Crippen molar-refractivity contribution in [1.82, 2.24) is 0 Å². The Morgan fingerprint density at radius 2 is 2.00 bits per heavy atom. The highest BCUT2D eigenvalue weighted by Gasteiger charge is 1.93. The topological polar surface area (TPSA) is 9.23 Å². The minimum Gasteiger partial charge on any atom is -0.494 e. The minimum absolute atomic E-state index is 0.214. The van der Waals surface area contributed by atoms with Crippen LogP contribution in [0.15, 0.2) is 24.3 Å². The van der Waals surface area contributed by atoms with Gasteiger partial charge in [-0.25, -0.2) is 0 Å². The largest absolute Gasteiger partial charge is 0.494 e. The number of ether oxygens (including phenoxy) is 1. The van der Waals surface area contributed by atoms with Crippen molar-refractivity contribution in [2.75, 3.05) is 6.61 Å². The second-order valence-electron chi connectivity index (χ2n) is 2.83. The lowest BCUT2D eigenvalue weighted by Gasteiger charge is -2.03. The fourth-order valence-electron chi connectivity index (χ4n) is 1.21. The maximum absolute atomic E-state index is 5.37. The van der Waals surface area contributed by atoms with E-state index < -0.39 is 0 Å². The normalized spacial score (nSPS) is 12.1. The first kappa shape index (κ1) is 9.76. The molecule has 0 saturated heterocycles. The monoisotopic (exact) mass is 212 g/mol. The zero-order chi connectivity index (χ0) is 8.81. The van der Waals surface area contributed by atoms with Crippen molar-refractivity contribution >= 4 is 32.5 Å². The summed E-state index contributed by atoms with van der Waals surface area (Å²) in [4.78, 5) is 0. The van der Waals surface area contributed by atoms with Crippen LogP contribution in [-0.4, -0.2) is 34.0 Å². The van der Waals surface area contributed by atoms with Gasteiger partial charge in [-0.1, -0.05) is 17.3 Å². The molecule has 12 heavy (non-hydrogen) atoms. The number of hydrogen-bond acceptors (Lipinski definition) is 1. The molecule has 1 nitrogen and oxygen atoms in total. The van der Waals surface area contributed by atoms with Crippen molar-refractivity contribution < 1.29 is 4.74 Å². The zero-order valence-corrected chi connectivity index (χ0v) is 12.7. The van der Waals surface area contributed by atoms with Gasteiger partial charge in [0.1, 0.15) is 5.75 Å². The Hall–Kier alpha value is -0.329. The van der Waals surface area contributed by atoms with E-state index in [2.05, 4.69) is 24.3 Å². The van der Waals surface area contributed by atoms with Gasteiger partial charge in [-0.15, -0.1) is 0 Å². The standard InChI is InChI=1S/C8H16OSi3/c1-2-9-7-3-5-8(6-4-7)11-12-10/h3-6H,2,11-12H2,1,10H3. The molecule has 66 valence electrons. The lowest BCUT2D eigenvalue weighted by molar-refractivity contribution is 0.340. The summed E-state index contributed by atoms with van der Waals surface area (Å²) in [6.45, 7) is 2.79. The van der Waals surface area contributed by atoms with Crippen LogP contribution in [0.5, 0.6) is 5.75 Å². The van der Waals surface area contributed by atoms with Crippen molar-refractivity contribution in [3.63, 3.8) is 0 Å². The predicted octanol–water partition coefficient (Wildman–Crippen LogP) is -1.76. The lowest BCUT2D eigenvalue weighted by Crippen LogP contribution is -2.20. The maximum atomic E-state index is 5.37. The quantitative estimate of drug-likeness (QED) is 0.538. The summed E-state index contributed by atoms with van der Waals surface area (Å²) in [5.41, 5.74) is 0. The molecule has 0 atom stereocenters. The fourth-order valence-corrected chi connectivity index (χ4v) is 10.3. The van der Waals surface area contributed by atoms with Gasteiger partial charge in [0, 0.05) is 9.04 Å². The van der Waals surface area contributed by atoms with Crippen LogP contribution in [0.25, 0.3) is 0 Å². The van der Waals surface area contributed by atoms with Gasteiger partial charge < -0.3 is 4.74 Å². The summed E-state index contributed by atoms with van der Waals surface area (Å²) in [6, 6.07) is 8.72. The molecule has 0 aliphatic heterocycles. The third-order valence-corrected chi connectivity index (χ3v) is 11.1. The van der Waals surface area contributed by atoms with Crippen molar-refractivity contribution in [2.24, 2.45) is 0 Å². The molecule has 0 aliphatic rings. The third-order valence-electron chi connectivity index (χ3n) is 1.77. The molecular weight excluding hydrogens is 196 g/mol. The van der Waals surface area contributed by atoms with Gasteiger partial charge in [0.15, 0.2) is 0 Å². The molecule has 0 unspecified atom stereocenters. The molecule has 0 radical (unpaired) electrons. The van der Waals surface area contributed by atoms with Gasteiger partial charge in [0.25, 0.3) is 0 Å². The molecule has 0 amide bonds. The van der Waals surface area contributed by atoms with Crippen LogP contribution in [0.1, 0.15) is 6.92 Å². The average Bonchev–Trinajstić information content (AvgIpc) is 2.09. The Morgan fingerprint density at radius 3 is 2.50 bits per heavy atom. The van der Waals surface area contributed by atoms with Crippen molar-refractivity contribution in [1.29, 1.82) is 0 Å². The van der Waals surface area contributed by atoms with Crippen molar-refractivity contribution in [3.05, 3.63) is 24.3 Å². The zero-order valence-electron chi connectivity index (χ0n) is 7.84. The first-order valence-electron chi connectivity index (χ1n) is 4.58. The highest BCUT2D eigenvalue weighted by molar-refractivity contribution is 7.27. The van der Waals surface area contributed by atoms with E-state index in [1.54, 1.807) is 5.19 Å². The Kier molecular flexibility index (Phi) is 4.34. The molecule has 0 N–H and O–H groups in total. The second kappa shape index (κ2) is 5.34. The molecule has 0 aromatic heterocycles. The van der Waals surface area contributed by atoms with Gasteiger partial charge in [-0.05, 0) is 37.4 Å². The van der Waals surface area contributed by atoms with Gasteiger partial charge in [0.2, 0.25) is 0 Å². The van der Waals surface area contributed by atoms with Crippen LogP contribution in [0.4, 0.5) is 0 Å². The van der Waals surface area contributed by atoms with Crippen LogP contribution in [0.3, 0.4) is 0 Å². The fraction of sp³-hybridized carbons (Fsp3) is 0.250. The predicted molar refractivity (Wildman–Crippen MR) is 64.3 cm³/mol. The van der Waals surface area contributed by atoms with E-state index >= 15 is 0 Å². The number of rotatable bonds is 4. The lowest BCUT2D eigenvalue weighted by atomic mass is 10.3. The van der Waals surface area contributed by atoms with Crippen molar-refractivity contribution in [2.45, 2.75) is 6.92 Å². The number of hydrogen-bond donors (Lipinski definition) is 0. The molecule has 0 aliphatic carbocycles. The van der Waals surface area contributed by atoms with Gasteiger partial charge in [-0.3, -0.25) is 0 Å². The first-order valence-corrected chi connectivity index (χ1v) is 14.9. The third kappa shape index (κ3) is 2.96.